The van der Waals surface area contributed by atoms with Gasteiger partial charge in [0.2, 0.25) is 0 Å². The summed E-state index contributed by atoms with van der Waals surface area (Å²) in [7, 11) is 0. The van der Waals surface area contributed by atoms with Crippen molar-refractivity contribution < 1.29 is 0 Å². The standard InChI is InChI=1S/C37H29NS.C12H12.C2H6/c1-26-7-5-10-30(23-26)28-13-18-34(19-14-28)38-35-20-15-29(16-21-35)32-17-22-37(39)36(25-32)33-12-6-11-31(24-33)27-8-3-2-4-9-27;1-3-7-11(8-4-1)12-9-5-2-6-10-12;1-2/h2-25,38-39H,1H3;1-5,7-9H,6,10H2;1-2H3. The minimum atomic E-state index is 0.969. The smallest absolute Gasteiger partial charge is 0.0384 e. The highest BCUT2D eigenvalue weighted by Crippen LogP contribution is 2.34. The first-order chi connectivity index (χ1) is 26.1. The summed E-state index contributed by atoms with van der Waals surface area (Å²) in [5.74, 6) is 0. The zero-order valence-electron chi connectivity index (χ0n) is 30.8. The first kappa shape index (κ1) is 36.9. The molecule has 0 radical (unpaired) electrons. The van der Waals surface area contributed by atoms with Gasteiger partial charge >= 0.3 is 0 Å². The summed E-state index contributed by atoms with van der Waals surface area (Å²) >= 11 is 4.79. The number of hydrogen-bond acceptors (Lipinski definition) is 2. The lowest BCUT2D eigenvalue weighted by molar-refractivity contribution is 1.05. The van der Waals surface area contributed by atoms with Crippen molar-refractivity contribution >= 4 is 29.6 Å². The fraction of sp³-hybridized carbons (Fsp3) is 0.0980. The number of aryl methyl sites for hydroxylation is 1. The Hall–Kier alpha value is -5.83. The largest absolute Gasteiger partial charge is 0.356 e. The van der Waals surface area contributed by atoms with Crippen LogP contribution in [-0.2, 0) is 0 Å². The Bertz CT molecular complexity index is 2270. The van der Waals surface area contributed by atoms with E-state index in [1.807, 2.05) is 19.9 Å². The molecule has 0 fully saturated rings. The molecule has 7 aromatic carbocycles. The molecule has 0 aliphatic heterocycles. The Labute approximate surface area is 321 Å². The summed E-state index contributed by atoms with van der Waals surface area (Å²) in [5.41, 5.74) is 15.7. The second kappa shape index (κ2) is 18.6. The van der Waals surface area contributed by atoms with Crippen LogP contribution in [0.4, 0.5) is 11.4 Å². The van der Waals surface area contributed by atoms with Gasteiger partial charge < -0.3 is 5.32 Å². The van der Waals surface area contributed by atoms with Gasteiger partial charge in [-0.1, -0.05) is 171 Å². The summed E-state index contributed by atoms with van der Waals surface area (Å²) in [6.45, 7) is 6.13. The molecule has 0 bridgehead atoms. The van der Waals surface area contributed by atoms with Gasteiger partial charge in [0.05, 0.1) is 0 Å². The number of allylic oxidation sites excluding steroid dienone is 4. The van der Waals surface area contributed by atoms with E-state index in [0.29, 0.717) is 0 Å². The van der Waals surface area contributed by atoms with Crippen molar-refractivity contribution in [3.63, 3.8) is 0 Å². The van der Waals surface area contributed by atoms with Crippen molar-refractivity contribution in [1.82, 2.24) is 0 Å². The predicted molar refractivity (Wildman–Crippen MR) is 234 cm³/mol. The van der Waals surface area contributed by atoms with Gasteiger partial charge in [-0.2, -0.15) is 0 Å². The molecule has 1 N–H and O–H groups in total. The number of nitrogens with one attached hydrogen (secondary N) is 1. The third-order valence-corrected chi connectivity index (χ3v) is 9.57. The zero-order chi connectivity index (χ0) is 36.8. The second-order valence-electron chi connectivity index (χ2n) is 12.9. The van der Waals surface area contributed by atoms with Crippen LogP contribution in [0.15, 0.2) is 199 Å². The van der Waals surface area contributed by atoms with E-state index in [2.05, 4.69) is 200 Å². The summed E-state index contributed by atoms with van der Waals surface area (Å²) in [6.07, 6.45) is 8.93. The van der Waals surface area contributed by atoms with E-state index in [1.165, 1.54) is 62.9 Å². The van der Waals surface area contributed by atoms with E-state index in [-0.39, 0.29) is 0 Å². The van der Waals surface area contributed by atoms with Gasteiger partial charge in [0.25, 0.3) is 0 Å². The van der Waals surface area contributed by atoms with Crippen LogP contribution in [0.2, 0.25) is 0 Å². The Kier molecular flexibility index (Phi) is 13.0. The number of hydrogen-bond donors (Lipinski definition) is 2. The zero-order valence-corrected chi connectivity index (χ0v) is 31.7. The summed E-state index contributed by atoms with van der Waals surface area (Å²) < 4.78 is 0. The van der Waals surface area contributed by atoms with Crippen molar-refractivity contribution in [2.75, 3.05) is 5.32 Å². The van der Waals surface area contributed by atoms with Gasteiger partial charge in [0, 0.05) is 16.3 Å². The van der Waals surface area contributed by atoms with Crippen molar-refractivity contribution in [1.29, 1.82) is 0 Å². The highest BCUT2D eigenvalue weighted by Gasteiger charge is 2.08. The molecule has 7 aromatic rings. The fourth-order valence-electron chi connectivity index (χ4n) is 6.42. The molecule has 0 aromatic heterocycles. The maximum absolute atomic E-state index is 4.79. The summed E-state index contributed by atoms with van der Waals surface area (Å²) in [4.78, 5) is 0.969. The minimum absolute atomic E-state index is 0.969. The molecule has 1 aliphatic carbocycles. The number of anilines is 2. The van der Waals surface area contributed by atoms with E-state index in [0.717, 1.165) is 27.4 Å². The van der Waals surface area contributed by atoms with Gasteiger partial charge in [-0.3, -0.25) is 0 Å². The molecule has 53 heavy (non-hydrogen) atoms. The maximum atomic E-state index is 4.79. The van der Waals surface area contributed by atoms with Crippen LogP contribution in [0.5, 0.6) is 0 Å². The third-order valence-electron chi connectivity index (χ3n) is 9.18. The van der Waals surface area contributed by atoms with E-state index in [4.69, 9.17) is 12.6 Å². The van der Waals surface area contributed by atoms with Crippen molar-refractivity contribution in [2.45, 2.75) is 38.5 Å². The van der Waals surface area contributed by atoms with Crippen molar-refractivity contribution in [3.8, 4) is 44.5 Å². The SMILES string of the molecule is C1=CCCC(c2ccccc2)=C1.CC.Cc1cccc(-c2ccc(Nc3ccc(-c4ccc(S)c(-c5cccc(-c6ccccc6)c5)c4)cc3)cc2)c1. The molecule has 0 saturated carbocycles. The normalized spacial score (nSPS) is 11.7. The highest BCUT2D eigenvalue weighted by atomic mass is 32.1. The first-order valence-corrected chi connectivity index (χ1v) is 19.0. The van der Waals surface area contributed by atoms with E-state index in [1.54, 1.807) is 0 Å². The molecular formula is C51H47NS. The average molecular weight is 706 g/mol. The van der Waals surface area contributed by atoms with Crippen LogP contribution in [0.1, 0.15) is 37.8 Å². The summed E-state index contributed by atoms with van der Waals surface area (Å²) in [5, 5.41) is 3.53. The van der Waals surface area contributed by atoms with Gasteiger partial charge in [-0.05, 0) is 118 Å². The van der Waals surface area contributed by atoms with E-state index < -0.39 is 0 Å². The van der Waals surface area contributed by atoms with Gasteiger partial charge in [-0.25, -0.2) is 0 Å². The fourth-order valence-corrected chi connectivity index (χ4v) is 6.69. The quantitative estimate of drug-likeness (QED) is 0.157. The van der Waals surface area contributed by atoms with E-state index >= 15 is 0 Å². The third kappa shape index (κ3) is 9.95. The molecule has 0 unspecified atom stereocenters. The Morgan fingerprint density at radius 3 is 1.53 bits per heavy atom. The minimum Gasteiger partial charge on any atom is -0.356 e. The van der Waals surface area contributed by atoms with Gasteiger partial charge in [0.15, 0.2) is 0 Å². The van der Waals surface area contributed by atoms with Crippen LogP contribution in [0.25, 0.3) is 50.1 Å². The lowest BCUT2D eigenvalue weighted by Crippen LogP contribution is -1.90. The van der Waals surface area contributed by atoms with Gasteiger partial charge in [-0.15, -0.1) is 12.6 Å². The molecule has 1 aliphatic rings. The molecule has 8 rings (SSSR count). The molecule has 0 atom stereocenters. The average Bonchev–Trinajstić information content (AvgIpc) is 3.24. The van der Waals surface area contributed by atoms with Crippen LogP contribution >= 0.6 is 12.6 Å². The van der Waals surface area contributed by atoms with Crippen LogP contribution < -0.4 is 5.32 Å². The number of benzene rings is 7. The van der Waals surface area contributed by atoms with Crippen LogP contribution in [-0.4, -0.2) is 0 Å². The Morgan fingerprint density at radius 2 is 0.943 bits per heavy atom. The van der Waals surface area contributed by atoms with Crippen LogP contribution in [0.3, 0.4) is 0 Å². The Morgan fingerprint density at radius 1 is 0.453 bits per heavy atom. The molecular weight excluding hydrogens is 659 g/mol. The van der Waals surface area contributed by atoms with Crippen molar-refractivity contribution in [2.24, 2.45) is 0 Å². The molecule has 0 heterocycles. The Balaban J connectivity index is 0.000000288. The van der Waals surface area contributed by atoms with Gasteiger partial charge in [0.1, 0.15) is 0 Å². The second-order valence-corrected chi connectivity index (χ2v) is 13.3. The lowest BCUT2D eigenvalue weighted by atomic mass is 9.96. The van der Waals surface area contributed by atoms with Crippen molar-refractivity contribution in [3.05, 3.63) is 205 Å². The molecule has 0 amide bonds. The maximum Gasteiger partial charge on any atom is 0.0384 e. The lowest BCUT2D eigenvalue weighted by Gasteiger charge is -2.12. The van der Waals surface area contributed by atoms with E-state index in [9.17, 15) is 0 Å². The summed E-state index contributed by atoms with van der Waals surface area (Å²) in [6, 6.07) is 62.0. The highest BCUT2D eigenvalue weighted by molar-refractivity contribution is 7.80. The molecule has 0 saturated heterocycles. The van der Waals surface area contributed by atoms with Crippen LogP contribution in [0, 0.1) is 6.92 Å². The predicted octanol–water partition coefficient (Wildman–Crippen LogP) is 15.1. The molecule has 2 heteroatoms. The molecule has 262 valence electrons. The number of thiol groups is 1. The molecule has 1 nitrogen and oxygen atoms in total. The first-order valence-electron chi connectivity index (χ1n) is 18.5. The topological polar surface area (TPSA) is 12.0 Å². The monoisotopic (exact) mass is 705 g/mol. The number of rotatable bonds is 7. The molecule has 0 spiro atoms.